The molecule has 0 radical (unpaired) electrons. The molecule has 2 aromatic rings. The molecule has 2 heterocycles. The number of aromatic amines is 1. The van der Waals surface area contributed by atoms with Crippen molar-refractivity contribution >= 4 is 14.1 Å². The Morgan fingerprint density at radius 2 is 2.00 bits per heavy atom. The third-order valence-corrected chi connectivity index (χ3v) is 6.31. The Morgan fingerprint density at radius 1 is 1.32 bits per heavy atom. The van der Waals surface area contributed by atoms with Crippen molar-refractivity contribution < 1.29 is 37.9 Å². The van der Waals surface area contributed by atoms with Crippen LogP contribution in [0.3, 0.4) is 0 Å². The highest BCUT2D eigenvalue weighted by atomic mass is 31.1. The van der Waals surface area contributed by atoms with Crippen LogP contribution in [0.5, 0.6) is 11.5 Å². The number of H-pyrrole nitrogens is 1. The Labute approximate surface area is 212 Å². The number of para-hydroxylation sites is 2. The minimum atomic E-state index is -2.68. The van der Waals surface area contributed by atoms with Gasteiger partial charge in [0, 0.05) is 12.3 Å². The summed E-state index contributed by atoms with van der Waals surface area (Å²) in [6.07, 6.45) is -3.45. The fourth-order valence-corrected chi connectivity index (χ4v) is 4.46. The summed E-state index contributed by atoms with van der Waals surface area (Å²) in [6, 6.07) is 6.20. The second kappa shape index (κ2) is 12.0. The van der Waals surface area contributed by atoms with Gasteiger partial charge in [-0.25, -0.2) is 14.0 Å². The highest BCUT2D eigenvalue weighted by molar-refractivity contribution is 7.34. The Bertz CT molecular complexity index is 1250. The maximum atomic E-state index is 15.4. The number of rotatable bonds is 10. The third kappa shape index (κ3) is 6.80. The van der Waals surface area contributed by atoms with Crippen molar-refractivity contribution in [1.29, 1.82) is 0 Å². The first-order valence-electron chi connectivity index (χ1n) is 11.6. The number of aliphatic hydroxyl groups is 1. The molecule has 2 N–H and O–H groups in total. The van der Waals surface area contributed by atoms with Crippen LogP contribution < -0.4 is 25.4 Å². The number of carbonyl (C=O) groups excluding carboxylic acids is 1. The molecule has 37 heavy (non-hydrogen) atoms. The molecule has 1 aromatic carbocycles. The molecule has 0 amide bonds. The van der Waals surface area contributed by atoms with E-state index in [-0.39, 0.29) is 30.6 Å². The Balaban J connectivity index is 1.72. The molecule has 0 aliphatic carbocycles. The van der Waals surface area contributed by atoms with Gasteiger partial charge in [-0.15, -0.1) is 0 Å². The first-order valence-corrected chi connectivity index (χ1v) is 12.7. The number of hydrogen-bond acceptors (Lipinski definition) is 10. The van der Waals surface area contributed by atoms with Gasteiger partial charge in [0.2, 0.25) is 5.75 Å². The van der Waals surface area contributed by atoms with E-state index in [9.17, 15) is 24.4 Å². The number of halogens is 1. The van der Waals surface area contributed by atoms with E-state index < -0.39 is 55.5 Å². The van der Waals surface area contributed by atoms with E-state index in [1.165, 1.54) is 12.1 Å². The van der Waals surface area contributed by atoms with Crippen LogP contribution >= 0.6 is 8.17 Å². The molecule has 1 unspecified atom stereocenters. The number of benzene rings is 1. The molecular weight excluding hydrogens is 512 g/mol. The standard InChI is InChI=1S/C23H29FN3O9P/c1-5-14(20(30)34-13(2)3)26-37(32)36-16-9-7-6-8-15(16)33-12-17-19(29)23(4,24)21(35-17)27-11-10-18(28)25-22(27)31/h6-11,13-14,17,19,21,29H,5,12H2,1-4H3,(H,25,28,31)/t14-,17+,19+,21+,23+/m0/s1. The number of esters is 1. The molecule has 0 bridgehead atoms. The van der Waals surface area contributed by atoms with Crippen LogP contribution in [0.1, 0.15) is 40.3 Å². The van der Waals surface area contributed by atoms with E-state index in [2.05, 4.69) is 4.74 Å². The van der Waals surface area contributed by atoms with E-state index >= 15 is 4.39 Å². The number of nitrogens with zero attached hydrogens (tertiary/aromatic N) is 2. The van der Waals surface area contributed by atoms with Gasteiger partial charge < -0.3 is 24.2 Å². The van der Waals surface area contributed by atoms with Gasteiger partial charge in [0.15, 0.2) is 23.7 Å². The number of ether oxygens (including phenoxy) is 3. The quantitative estimate of drug-likeness (QED) is 0.335. The molecule has 6 atom stereocenters. The summed E-state index contributed by atoms with van der Waals surface area (Å²) in [4.78, 5) is 50.1. The number of aliphatic hydroxyl groups excluding tert-OH is 1. The van der Waals surface area contributed by atoms with Gasteiger partial charge in [-0.3, -0.25) is 18.9 Å². The first-order chi connectivity index (χ1) is 17.4. The van der Waals surface area contributed by atoms with Gasteiger partial charge >= 0.3 is 19.8 Å². The summed E-state index contributed by atoms with van der Waals surface area (Å²) in [5.41, 5.74) is -3.96. The van der Waals surface area contributed by atoms with E-state index in [1.807, 2.05) is 4.98 Å². The minimum absolute atomic E-state index is 0.0309. The molecular formula is C23H29FN3O9P. The van der Waals surface area contributed by atoms with Gasteiger partial charge in [-0.2, -0.15) is 0 Å². The van der Waals surface area contributed by atoms with Crippen LogP contribution in [0.15, 0.2) is 50.9 Å². The third-order valence-electron chi connectivity index (χ3n) is 5.49. The first kappa shape index (κ1) is 28.5. The van der Waals surface area contributed by atoms with E-state index in [1.54, 1.807) is 32.9 Å². The summed E-state index contributed by atoms with van der Waals surface area (Å²) in [5.74, 6) is -0.491. The zero-order chi connectivity index (χ0) is 27.3. The van der Waals surface area contributed by atoms with Crippen molar-refractivity contribution in [3.63, 3.8) is 0 Å². The molecule has 12 nitrogen and oxygen atoms in total. The van der Waals surface area contributed by atoms with E-state index in [4.69, 9.17) is 18.7 Å². The van der Waals surface area contributed by atoms with Crippen LogP contribution in [0, 0.1) is 0 Å². The van der Waals surface area contributed by atoms with Crippen molar-refractivity contribution in [3.8, 4) is 11.5 Å². The topological polar surface area (TPSA) is 164 Å². The Kier molecular flexibility index (Phi) is 9.19. The zero-order valence-electron chi connectivity index (χ0n) is 20.7. The number of nitrogens with one attached hydrogen (secondary N) is 1. The predicted octanol–water partition coefficient (Wildman–Crippen LogP) is 1.57. The second-order valence-electron chi connectivity index (χ2n) is 8.75. The van der Waals surface area contributed by atoms with Crippen molar-refractivity contribution in [1.82, 2.24) is 9.55 Å². The van der Waals surface area contributed by atoms with Crippen molar-refractivity contribution in [3.05, 3.63) is 57.4 Å². The molecule has 1 saturated heterocycles. The number of hydrogen-bond donors (Lipinski definition) is 2. The van der Waals surface area contributed by atoms with Crippen LogP contribution in [0.4, 0.5) is 4.39 Å². The van der Waals surface area contributed by atoms with Crippen LogP contribution in [-0.4, -0.2) is 57.3 Å². The SMILES string of the molecule is CC[C@H](N=[P+]([O-])Oc1ccccc1OC[C@H]1O[C@@H](n2ccc(=O)[nH]c2=O)[C@](C)(F)[C@@H]1O)C(=O)OC(C)C. The zero-order valence-corrected chi connectivity index (χ0v) is 21.6. The van der Waals surface area contributed by atoms with E-state index in [0.29, 0.717) is 0 Å². The molecule has 1 aliphatic heterocycles. The van der Waals surface area contributed by atoms with Gasteiger partial charge in [0.05, 0.1) is 6.10 Å². The minimum Gasteiger partial charge on any atom is -0.575 e. The second-order valence-corrected chi connectivity index (χ2v) is 9.64. The summed E-state index contributed by atoms with van der Waals surface area (Å²) in [7, 11) is -2.68. The summed E-state index contributed by atoms with van der Waals surface area (Å²) in [6.45, 7) is 5.77. The molecule has 1 fully saturated rings. The predicted molar refractivity (Wildman–Crippen MR) is 128 cm³/mol. The molecule has 202 valence electrons. The van der Waals surface area contributed by atoms with Crippen molar-refractivity contribution in [2.24, 2.45) is 4.74 Å². The van der Waals surface area contributed by atoms with E-state index in [0.717, 1.165) is 23.8 Å². The maximum absolute atomic E-state index is 15.4. The van der Waals surface area contributed by atoms with Crippen LogP contribution in [0.2, 0.25) is 0 Å². The largest absolute Gasteiger partial charge is 0.575 e. The van der Waals surface area contributed by atoms with Gasteiger partial charge in [0.1, 0.15) is 18.8 Å². The van der Waals surface area contributed by atoms with Gasteiger partial charge in [0.25, 0.3) is 5.56 Å². The lowest BCUT2D eigenvalue weighted by molar-refractivity contribution is -0.170. The molecule has 0 spiro atoms. The van der Waals surface area contributed by atoms with Crippen LogP contribution in [0.25, 0.3) is 0 Å². The molecule has 1 aliphatic rings. The van der Waals surface area contributed by atoms with Crippen LogP contribution in [-0.2, 0) is 14.3 Å². The molecule has 0 saturated carbocycles. The lowest BCUT2D eigenvalue weighted by atomic mass is 9.98. The lowest BCUT2D eigenvalue weighted by Gasteiger charge is -2.24. The number of alkyl halides is 1. The average molecular weight is 541 g/mol. The smallest absolute Gasteiger partial charge is 0.395 e. The van der Waals surface area contributed by atoms with Gasteiger partial charge in [-0.1, -0.05) is 23.8 Å². The Morgan fingerprint density at radius 3 is 2.62 bits per heavy atom. The summed E-state index contributed by atoms with van der Waals surface area (Å²) >= 11 is 0. The average Bonchev–Trinajstić information content (AvgIpc) is 3.05. The molecule has 1 aromatic heterocycles. The van der Waals surface area contributed by atoms with Crippen molar-refractivity contribution in [2.45, 2.75) is 70.4 Å². The molecule has 14 heteroatoms. The lowest BCUT2D eigenvalue weighted by Crippen LogP contribution is -2.43. The van der Waals surface area contributed by atoms with Gasteiger partial charge in [-0.05, 0) is 39.3 Å². The highest BCUT2D eigenvalue weighted by Gasteiger charge is 2.55. The Hall–Kier alpha value is -3.12. The molecule has 3 rings (SSSR count). The maximum Gasteiger partial charge on any atom is 0.395 e. The normalized spacial score (nSPS) is 24.6. The monoisotopic (exact) mass is 541 g/mol. The summed E-state index contributed by atoms with van der Waals surface area (Å²) in [5, 5.41) is 10.5. The number of carbonyl (C=O) groups is 1. The highest BCUT2D eigenvalue weighted by Crippen LogP contribution is 2.41. The fourth-order valence-electron chi connectivity index (χ4n) is 3.61. The van der Waals surface area contributed by atoms with Crippen molar-refractivity contribution in [2.75, 3.05) is 6.61 Å². The summed E-state index contributed by atoms with van der Waals surface area (Å²) < 4.78 is 41.8. The fraction of sp³-hybridized carbons (Fsp3) is 0.522. The number of aromatic nitrogens is 2.